The zero-order valence-corrected chi connectivity index (χ0v) is 32.5. The maximum atomic E-state index is 14.2. The van der Waals surface area contributed by atoms with E-state index in [9.17, 15) is 24.0 Å². The first kappa shape index (κ1) is 40.8. The van der Waals surface area contributed by atoms with Crippen LogP contribution >= 0.6 is 0 Å². The molecule has 0 radical (unpaired) electrons. The molecule has 0 bridgehead atoms. The monoisotopic (exact) mass is 787 g/mol. The number of anilines is 3. The molecule has 304 valence electrons. The number of ether oxygens (including phenoxy) is 6. The van der Waals surface area contributed by atoms with Crippen molar-refractivity contribution in [1.29, 1.82) is 0 Å². The number of nitrogens with zero attached hydrogens (tertiary/aromatic N) is 3. The SMILES string of the molecule is C=CCOC(=O)N1c2cc(OCCCC(=O)Nc3cc(C(=O)Nc4ccc(C(=O)OC)cc4)n(C)c3)c(OC)cc2C(=O)N2CCCC[C@H]2C1OC1CCCCO1. The number of carbonyl (C=O) groups excluding carboxylic acids is 5. The van der Waals surface area contributed by atoms with Gasteiger partial charge in [0, 0.05) is 44.6 Å². The molecule has 3 atom stereocenters. The number of benzene rings is 2. The van der Waals surface area contributed by atoms with Crippen LogP contribution in [0.5, 0.6) is 11.5 Å². The number of carbonyl (C=O) groups is 5. The molecule has 2 N–H and O–H groups in total. The number of piperidine rings is 1. The Hall–Kier alpha value is -5.87. The van der Waals surface area contributed by atoms with Crippen LogP contribution in [0.3, 0.4) is 0 Å². The van der Waals surface area contributed by atoms with Gasteiger partial charge in [-0.1, -0.05) is 12.7 Å². The van der Waals surface area contributed by atoms with E-state index in [1.807, 2.05) is 0 Å². The minimum absolute atomic E-state index is 0.0488. The van der Waals surface area contributed by atoms with Gasteiger partial charge < -0.3 is 48.5 Å². The highest BCUT2D eigenvalue weighted by Crippen LogP contribution is 2.42. The number of hydrogen-bond acceptors (Lipinski definition) is 11. The Balaban J connectivity index is 1.13. The van der Waals surface area contributed by atoms with Crippen LogP contribution in [0, 0.1) is 0 Å². The highest BCUT2D eigenvalue weighted by molar-refractivity contribution is 6.06. The molecule has 6 rings (SSSR count). The van der Waals surface area contributed by atoms with Gasteiger partial charge in [-0.3, -0.25) is 14.4 Å². The third kappa shape index (κ3) is 9.57. The van der Waals surface area contributed by atoms with Crippen LogP contribution in [0.2, 0.25) is 0 Å². The van der Waals surface area contributed by atoms with Gasteiger partial charge in [0.2, 0.25) is 5.91 Å². The first-order valence-electron chi connectivity index (χ1n) is 19.1. The van der Waals surface area contributed by atoms with Crippen molar-refractivity contribution in [1.82, 2.24) is 9.47 Å². The summed E-state index contributed by atoms with van der Waals surface area (Å²) in [6.07, 6.45) is 6.09. The number of hydrogen-bond donors (Lipinski definition) is 2. The van der Waals surface area contributed by atoms with Crippen LogP contribution < -0.4 is 25.0 Å². The van der Waals surface area contributed by atoms with E-state index in [0.29, 0.717) is 55.0 Å². The fourth-order valence-electron chi connectivity index (χ4n) is 7.19. The lowest BCUT2D eigenvalue weighted by atomic mass is 10.00. The lowest BCUT2D eigenvalue weighted by Gasteiger charge is -2.42. The molecular formula is C41H49N5O11. The van der Waals surface area contributed by atoms with Gasteiger partial charge >= 0.3 is 12.1 Å². The summed E-state index contributed by atoms with van der Waals surface area (Å²) >= 11 is 0. The van der Waals surface area contributed by atoms with E-state index < -0.39 is 36.5 Å². The number of nitrogens with one attached hydrogen (secondary N) is 2. The number of methoxy groups -OCH3 is 2. The summed E-state index contributed by atoms with van der Waals surface area (Å²) in [5.41, 5.74) is 2.06. The van der Waals surface area contributed by atoms with Crippen molar-refractivity contribution in [3.8, 4) is 11.5 Å². The molecule has 0 saturated carbocycles. The molecule has 2 fully saturated rings. The van der Waals surface area contributed by atoms with Crippen molar-refractivity contribution in [2.75, 3.05) is 56.1 Å². The van der Waals surface area contributed by atoms with E-state index in [0.717, 1.165) is 25.7 Å². The fourth-order valence-corrected chi connectivity index (χ4v) is 7.19. The van der Waals surface area contributed by atoms with Gasteiger partial charge in [-0.2, -0.15) is 0 Å². The summed E-state index contributed by atoms with van der Waals surface area (Å²) in [6.45, 7) is 4.76. The molecule has 16 nitrogen and oxygen atoms in total. The highest BCUT2D eigenvalue weighted by Gasteiger charge is 2.47. The van der Waals surface area contributed by atoms with Crippen LogP contribution in [-0.2, 0) is 30.8 Å². The molecule has 3 aliphatic heterocycles. The van der Waals surface area contributed by atoms with Crippen LogP contribution in [0.1, 0.15) is 82.6 Å². The summed E-state index contributed by atoms with van der Waals surface area (Å²) in [4.78, 5) is 68.9. The van der Waals surface area contributed by atoms with E-state index in [1.54, 1.807) is 65.2 Å². The van der Waals surface area contributed by atoms with Crippen molar-refractivity contribution in [3.63, 3.8) is 0 Å². The molecule has 57 heavy (non-hydrogen) atoms. The summed E-state index contributed by atoms with van der Waals surface area (Å²) in [6, 6.07) is 10.5. The Bertz CT molecular complexity index is 1960. The molecule has 1 aromatic heterocycles. The van der Waals surface area contributed by atoms with Gasteiger partial charge in [-0.25, -0.2) is 14.5 Å². The van der Waals surface area contributed by atoms with E-state index >= 15 is 0 Å². The molecule has 3 aliphatic rings. The molecular weight excluding hydrogens is 738 g/mol. The maximum Gasteiger partial charge on any atom is 0.416 e. The number of esters is 1. The third-order valence-electron chi connectivity index (χ3n) is 10.0. The van der Waals surface area contributed by atoms with Crippen molar-refractivity contribution < 1.29 is 52.4 Å². The lowest BCUT2D eigenvalue weighted by molar-refractivity contribution is -0.198. The predicted octanol–water partition coefficient (Wildman–Crippen LogP) is 5.88. The minimum atomic E-state index is -0.898. The molecule has 2 unspecified atom stereocenters. The molecule has 2 saturated heterocycles. The van der Waals surface area contributed by atoms with Crippen molar-refractivity contribution in [2.45, 2.75) is 69.9 Å². The number of amides is 4. The Morgan fingerprint density at radius 3 is 2.47 bits per heavy atom. The Morgan fingerprint density at radius 2 is 1.75 bits per heavy atom. The van der Waals surface area contributed by atoms with Gasteiger partial charge in [0.25, 0.3) is 11.8 Å². The average Bonchev–Trinajstić information content (AvgIpc) is 3.56. The van der Waals surface area contributed by atoms with Crippen LogP contribution in [0.4, 0.5) is 21.9 Å². The molecule has 4 heterocycles. The molecule has 0 aliphatic carbocycles. The zero-order valence-electron chi connectivity index (χ0n) is 32.5. The quantitative estimate of drug-likeness (QED) is 0.113. The molecule has 0 spiro atoms. The second kappa shape index (κ2) is 18.8. The van der Waals surface area contributed by atoms with Crippen molar-refractivity contribution >= 4 is 46.8 Å². The summed E-state index contributed by atoms with van der Waals surface area (Å²) in [7, 11) is 4.44. The Kier molecular flexibility index (Phi) is 13.5. The first-order valence-corrected chi connectivity index (χ1v) is 19.1. The normalized spacial score (nSPS) is 19.0. The Labute approximate surface area is 330 Å². The standard InChI is InChI=1S/C41H49N5O11/c1-5-19-56-41(51)46-31-24-34(33(52-3)23-29(31)38(49)45-18-8-6-11-30(45)39(46)57-36-13-7-9-20-55-36)54-21-10-12-35(47)42-28-22-32(44(2)25-28)37(48)43-27-16-14-26(15-17-27)40(50)53-4/h5,14-17,22-25,30,36,39H,1,6-13,18-21H2,2-4H3,(H,42,47)(H,43,48)/t30-,36?,39?/m0/s1. The zero-order chi connectivity index (χ0) is 40.5. The highest BCUT2D eigenvalue weighted by atomic mass is 16.7. The molecule has 3 aromatic rings. The van der Waals surface area contributed by atoms with E-state index in [-0.39, 0.29) is 54.2 Å². The minimum Gasteiger partial charge on any atom is -0.493 e. The largest absolute Gasteiger partial charge is 0.493 e. The topological polar surface area (TPSA) is 176 Å². The van der Waals surface area contributed by atoms with Gasteiger partial charge in [-0.15, -0.1) is 0 Å². The molecule has 4 amide bonds. The smallest absolute Gasteiger partial charge is 0.416 e. The maximum absolute atomic E-state index is 14.2. The summed E-state index contributed by atoms with van der Waals surface area (Å²) in [5, 5.41) is 5.59. The van der Waals surface area contributed by atoms with Crippen LogP contribution in [-0.4, -0.2) is 98.4 Å². The summed E-state index contributed by atoms with van der Waals surface area (Å²) < 4.78 is 36.2. The van der Waals surface area contributed by atoms with Crippen LogP contribution in [0.15, 0.2) is 61.3 Å². The predicted molar refractivity (Wildman–Crippen MR) is 209 cm³/mol. The van der Waals surface area contributed by atoms with Crippen LogP contribution in [0.25, 0.3) is 0 Å². The second-order valence-corrected chi connectivity index (χ2v) is 13.9. The van der Waals surface area contributed by atoms with Gasteiger partial charge in [0.1, 0.15) is 12.3 Å². The second-order valence-electron chi connectivity index (χ2n) is 13.9. The van der Waals surface area contributed by atoms with Gasteiger partial charge in [0.15, 0.2) is 24.0 Å². The number of aryl methyl sites for hydroxylation is 1. The van der Waals surface area contributed by atoms with Gasteiger partial charge in [-0.05, 0) is 81.3 Å². The number of rotatable bonds is 14. The fraction of sp³-hybridized carbons (Fsp3) is 0.439. The van der Waals surface area contributed by atoms with Crippen molar-refractivity contribution in [2.24, 2.45) is 7.05 Å². The number of aromatic nitrogens is 1. The van der Waals surface area contributed by atoms with E-state index in [2.05, 4.69) is 17.2 Å². The van der Waals surface area contributed by atoms with Crippen molar-refractivity contribution in [3.05, 3.63) is 78.1 Å². The Morgan fingerprint density at radius 1 is 0.965 bits per heavy atom. The molecule has 16 heteroatoms. The van der Waals surface area contributed by atoms with E-state index in [4.69, 9.17) is 28.4 Å². The van der Waals surface area contributed by atoms with E-state index in [1.165, 1.54) is 25.2 Å². The first-order chi connectivity index (χ1) is 27.6. The average molecular weight is 788 g/mol. The molecule has 2 aromatic carbocycles. The lowest BCUT2D eigenvalue weighted by Crippen LogP contribution is -2.57. The summed E-state index contributed by atoms with van der Waals surface area (Å²) in [5.74, 6) is -0.904. The van der Waals surface area contributed by atoms with Gasteiger partial charge in [0.05, 0.1) is 49.4 Å². The third-order valence-corrected chi connectivity index (χ3v) is 10.0. The number of fused-ring (bicyclic) bond motifs is 2.